The number of amides is 1. The standard InChI is InChI=1S/C16H24FN3O3S.ClH/c17-14-5-7-15(8-6-14)24(22,23)20-11-3-4-13(12-20)16(21)19-10-2-1-9-18;/h5-8,13H,1-4,9-12,18H2,(H,19,21);1H. The van der Waals surface area contributed by atoms with Gasteiger partial charge in [-0.25, -0.2) is 12.8 Å². The van der Waals surface area contributed by atoms with E-state index in [9.17, 15) is 17.6 Å². The number of nitrogens with two attached hydrogens (primary N) is 1. The quantitative estimate of drug-likeness (QED) is 0.686. The van der Waals surface area contributed by atoms with E-state index < -0.39 is 15.8 Å². The molecule has 142 valence electrons. The monoisotopic (exact) mass is 393 g/mol. The molecule has 1 aromatic carbocycles. The highest BCUT2D eigenvalue weighted by Gasteiger charge is 2.33. The van der Waals surface area contributed by atoms with Crippen LogP contribution in [-0.4, -0.2) is 44.8 Å². The summed E-state index contributed by atoms with van der Waals surface area (Å²) in [5.41, 5.74) is 5.41. The molecule has 1 aromatic rings. The van der Waals surface area contributed by atoms with Gasteiger partial charge in [-0.15, -0.1) is 12.4 Å². The Morgan fingerprint density at radius 2 is 1.96 bits per heavy atom. The maximum atomic E-state index is 13.0. The second kappa shape index (κ2) is 10.1. The average Bonchev–Trinajstić information content (AvgIpc) is 2.59. The van der Waals surface area contributed by atoms with Crippen LogP contribution in [0.3, 0.4) is 0 Å². The number of piperidine rings is 1. The smallest absolute Gasteiger partial charge is 0.243 e. The summed E-state index contributed by atoms with van der Waals surface area (Å²) in [7, 11) is -3.70. The van der Waals surface area contributed by atoms with Crippen LogP contribution < -0.4 is 11.1 Å². The highest BCUT2D eigenvalue weighted by Crippen LogP contribution is 2.24. The van der Waals surface area contributed by atoms with Gasteiger partial charge in [0.2, 0.25) is 15.9 Å². The number of rotatable bonds is 7. The van der Waals surface area contributed by atoms with Gasteiger partial charge in [-0.05, 0) is 56.5 Å². The first-order valence-corrected chi connectivity index (χ1v) is 9.62. The van der Waals surface area contributed by atoms with Gasteiger partial charge in [-0.2, -0.15) is 4.31 Å². The molecule has 0 bridgehead atoms. The Kier molecular flexibility index (Phi) is 8.78. The lowest BCUT2D eigenvalue weighted by atomic mass is 9.99. The molecule has 9 heteroatoms. The second-order valence-electron chi connectivity index (χ2n) is 5.94. The largest absolute Gasteiger partial charge is 0.356 e. The zero-order valence-electron chi connectivity index (χ0n) is 14.0. The van der Waals surface area contributed by atoms with Crippen molar-refractivity contribution >= 4 is 28.3 Å². The van der Waals surface area contributed by atoms with Gasteiger partial charge in [0.15, 0.2) is 0 Å². The zero-order chi connectivity index (χ0) is 17.6. The van der Waals surface area contributed by atoms with Crippen molar-refractivity contribution in [1.29, 1.82) is 0 Å². The fourth-order valence-corrected chi connectivity index (χ4v) is 4.28. The Morgan fingerprint density at radius 1 is 1.28 bits per heavy atom. The van der Waals surface area contributed by atoms with Gasteiger partial charge in [0, 0.05) is 19.6 Å². The number of nitrogens with zero attached hydrogens (tertiary/aromatic N) is 1. The third kappa shape index (κ3) is 5.91. The van der Waals surface area contributed by atoms with Crippen molar-refractivity contribution < 1.29 is 17.6 Å². The highest BCUT2D eigenvalue weighted by atomic mass is 35.5. The van der Waals surface area contributed by atoms with Crippen LogP contribution in [0.15, 0.2) is 29.2 Å². The minimum Gasteiger partial charge on any atom is -0.356 e. The predicted molar refractivity (Wildman–Crippen MR) is 96.4 cm³/mol. The number of sulfonamides is 1. The van der Waals surface area contributed by atoms with Gasteiger partial charge in [-0.1, -0.05) is 0 Å². The van der Waals surface area contributed by atoms with Crippen LogP contribution >= 0.6 is 12.4 Å². The summed E-state index contributed by atoms with van der Waals surface area (Å²) in [5.74, 6) is -0.958. The SMILES string of the molecule is Cl.NCCCCNC(=O)C1CCCN(S(=O)(=O)c2ccc(F)cc2)C1. The maximum Gasteiger partial charge on any atom is 0.243 e. The van der Waals surface area contributed by atoms with Crippen LogP contribution in [0.4, 0.5) is 4.39 Å². The van der Waals surface area contributed by atoms with E-state index in [0.29, 0.717) is 32.5 Å². The third-order valence-corrected chi connectivity index (χ3v) is 6.02. The summed E-state index contributed by atoms with van der Waals surface area (Å²) >= 11 is 0. The Balaban J connectivity index is 0.00000312. The lowest BCUT2D eigenvalue weighted by molar-refractivity contribution is -0.126. The summed E-state index contributed by atoms with van der Waals surface area (Å²) in [6, 6.07) is 4.75. The van der Waals surface area contributed by atoms with Gasteiger partial charge in [0.1, 0.15) is 5.82 Å². The first kappa shape index (κ1) is 21.8. The van der Waals surface area contributed by atoms with Crippen molar-refractivity contribution in [3.63, 3.8) is 0 Å². The zero-order valence-corrected chi connectivity index (χ0v) is 15.6. The van der Waals surface area contributed by atoms with Gasteiger partial charge >= 0.3 is 0 Å². The van der Waals surface area contributed by atoms with E-state index in [4.69, 9.17) is 5.73 Å². The first-order valence-electron chi connectivity index (χ1n) is 8.18. The molecule has 3 N–H and O–H groups in total. The lowest BCUT2D eigenvalue weighted by Crippen LogP contribution is -2.45. The molecular weight excluding hydrogens is 369 g/mol. The molecule has 1 saturated heterocycles. The Hall–Kier alpha value is -1.22. The van der Waals surface area contributed by atoms with Crippen LogP contribution in [0.5, 0.6) is 0 Å². The van der Waals surface area contributed by atoms with Crippen LogP contribution in [0.2, 0.25) is 0 Å². The van der Waals surface area contributed by atoms with Crippen LogP contribution in [0.1, 0.15) is 25.7 Å². The molecule has 0 radical (unpaired) electrons. The molecular formula is C16H25ClFN3O3S. The van der Waals surface area contributed by atoms with Crippen molar-refractivity contribution in [2.24, 2.45) is 11.7 Å². The number of unbranched alkanes of at least 4 members (excludes halogenated alkanes) is 1. The molecule has 2 rings (SSSR count). The van der Waals surface area contributed by atoms with E-state index in [2.05, 4.69) is 5.32 Å². The molecule has 1 atom stereocenters. The van der Waals surface area contributed by atoms with Crippen molar-refractivity contribution in [2.75, 3.05) is 26.2 Å². The number of carbonyl (C=O) groups is 1. The maximum absolute atomic E-state index is 13.0. The Bertz CT molecular complexity index is 655. The van der Waals surface area contributed by atoms with Crippen LogP contribution in [0, 0.1) is 11.7 Å². The van der Waals surface area contributed by atoms with Crippen molar-refractivity contribution in [1.82, 2.24) is 9.62 Å². The van der Waals surface area contributed by atoms with Crippen LogP contribution in [-0.2, 0) is 14.8 Å². The molecule has 1 aliphatic rings. The second-order valence-corrected chi connectivity index (χ2v) is 7.88. The fourth-order valence-electron chi connectivity index (χ4n) is 2.76. The molecule has 25 heavy (non-hydrogen) atoms. The molecule has 1 fully saturated rings. The molecule has 1 unspecified atom stereocenters. The number of carbonyl (C=O) groups excluding carboxylic acids is 1. The van der Waals surface area contributed by atoms with Gasteiger partial charge in [-0.3, -0.25) is 4.79 Å². The van der Waals surface area contributed by atoms with Crippen molar-refractivity contribution in [2.45, 2.75) is 30.6 Å². The minimum atomic E-state index is -3.70. The van der Waals surface area contributed by atoms with E-state index in [1.807, 2.05) is 0 Å². The van der Waals surface area contributed by atoms with Gasteiger partial charge < -0.3 is 11.1 Å². The normalized spacial score (nSPS) is 18.4. The predicted octanol–water partition coefficient (Wildman–Crippen LogP) is 1.50. The summed E-state index contributed by atoms with van der Waals surface area (Å²) in [5, 5.41) is 2.84. The highest BCUT2D eigenvalue weighted by molar-refractivity contribution is 7.89. The number of hydrogen-bond donors (Lipinski definition) is 2. The van der Waals surface area contributed by atoms with E-state index in [1.165, 1.54) is 16.4 Å². The first-order chi connectivity index (χ1) is 11.4. The van der Waals surface area contributed by atoms with E-state index in [0.717, 1.165) is 25.0 Å². The molecule has 1 amide bonds. The van der Waals surface area contributed by atoms with Crippen LogP contribution in [0.25, 0.3) is 0 Å². The summed E-state index contributed by atoms with van der Waals surface area (Å²) in [4.78, 5) is 12.3. The van der Waals surface area contributed by atoms with Gasteiger partial charge in [0.05, 0.1) is 10.8 Å². The Labute approximate surface area is 154 Å². The number of nitrogens with one attached hydrogen (secondary N) is 1. The number of hydrogen-bond acceptors (Lipinski definition) is 4. The minimum absolute atomic E-state index is 0. The molecule has 1 heterocycles. The molecule has 0 aliphatic carbocycles. The van der Waals surface area contributed by atoms with E-state index >= 15 is 0 Å². The molecule has 1 aliphatic heterocycles. The number of halogens is 2. The summed E-state index contributed by atoms with van der Waals surface area (Å²) in [6.45, 7) is 1.67. The average molecular weight is 394 g/mol. The van der Waals surface area contributed by atoms with Crippen molar-refractivity contribution in [3.05, 3.63) is 30.1 Å². The van der Waals surface area contributed by atoms with E-state index in [1.54, 1.807) is 0 Å². The topological polar surface area (TPSA) is 92.5 Å². The van der Waals surface area contributed by atoms with E-state index in [-0.39, 0.29) is 35.7 Å². The van der Waals surface area contributed by atoms with Gasteiger partial charge in [0.25, 0.3) is 0 Å². The molecule has 0 aromatic heterocycles. The summed E-state index contributed by atoms with van der Waals surface area (Å²) < 4.78 is 39.5. The van der Waals surface area contributed by atoms with Crippen molar-refractivity contribution in [3.8, 4) is 0 Å². The lowest BCUT2D eigenvalue weighted by Gasteiger charge is -2.31. The Morgan fingerprint density at radius 3 is 2.60 bits per heavy atom. The fraction of sp³-hybridized carbons (Fsp3) is 0.562. The summed E-state index contributed by atoms with van der Waals surface area (Å²) in [6.07, 6.45) is 2.95. The number of benzene rings is 1. The third-order valence-electron chi connectivity index (χ3n) is 4.14. The molecule has 0 spiro atoms. The molecule has 6 nitrogen and oxygen atoms in total. The molecule has 0 saturated carbocycles.